The van der Waals surface area contributed by atoms with Gasteiger partial charge in [-0.1, -0.05) is 40.2 Å². The van der Waals surface area contributed by atoms with Gasteiger partial charge in [-0.3, -0.25) is 0 Å². The molecule has 0 aliphatic heterocycles. The molecule has 1 heterocycles. The molecule has 0 fully saturated rings. The van der Waals surface area contributed by atoms with Crippen LogP contribution < -0.4 is 0 Å². The summed E-state index contributed by atoms with van der Waals surface area (Å²) in [6.07, 6.45) is -0.741. The predicted octanol–water partition coefficient (Wildman–Crippen LogP) is 4.89. The molecule has 102 valence electrons. The van der Waals surface area contributed by atoms with E-state index in [0.717, 1.165) is 32.1 Å². The Morgan fingerprint density at radius 2 is 1.85 bits per heavy atom. The van der Waals surface area contributed by atoms with Gasteiger partial charge in [0.25, 0.3) is 0 Å². The summed E-state index contributed by atoms with van der Waals surface area (Å²) in [5.74, 6) is 0.583. The molecule has 0 saturated carbocycles. The average molecular weight is 331 g/mol. The maximum atomic E-state index is 10.5. The Labute approximate surface area is 126 Å². The van der Waals surface area contributed by atoms with Crippen LogP contribution in [0.15, 0.2) is 51.4 Å². The van der Waals surface area contributed by atoms with E-state index in [1.165, 1.54) is 0 Å². The Morgan fingerprint density at radius 3 is 2.55 bits per heavy atom. The van der Waals surface area contributed by atoms with Gasteiger partial charge in [0.2, 0.25) is 0 Å². The number of hydrogen-bond donors (Lipinski definition) is 1. The van der Waals surface area contributed by atoms with Gasteiger partial charge in [0.1, 0.15) is 17.4 Å². The summed E-state index contributed by atoms with van der Waals surface area (Å²) in [6.45, 7) is 3.99. The van der Waals surface area contributed by atoms with Crippen molar-refractivity contribution in [2.75, 3.05) is 0 Å². The second-order valence-corrected chi connectivity index (χ2v) is 5.96. The van der Waals surface area contributed by atoms with E-state index >= 15 is 0 Å². The van der Waals surface area contributed by atoms with Crippen molar-refractivity contribution < 1.29 is 9.52 Å². The van der Waals surface area contributed by atoms with Crippen LogP contribution in [-0.2, 0) is 0 Å². The summed E-state index contributed by atoms with van der Waals surface area (Å²) in [6, 6.07) is 13.8. The molecule has 1 N–H and O–H groups in total. The third-order valence-electron chi connectivity index (χ3n) is 3.56. The molecule has 2 nitrogen and oxygen atoms in total. The van der Waals surface area contributed by atoms with Gasteiger partial charge in [0.05, 0.1) is 0 Å². The summed E-state index contributed by atoms with van der Waals surface area (Å²) in [5.41, 5.74) is 3.82. The molecule has 0 bridgehead atoms. The molecule has 3 rings (SSSR count). The highest BCUT2D eigenvalue weighted by molar-refractivity contribution is 9.10. The van der Waals surface area contributed by atoms with Crippen LogP contribution >= 0.6 is 15.9 Å². The average Bonchev–Trinajstić information content (AvgIpc) is 2.83. The topological polar surface area (TPSA) is 33.4 Å². The van der Waals surface area contributed by atoms with Crippen molar-refractivity contribution in [3.8, 4) is 0 Å². The standard InChI is InChI=1S/C17H15BrO2/c1-10-4-3-5-12-9-15(20-17(10)12)16(19)14-7-6-13(18)8-11(14)2/h3-9,16,19H,1-2H3. The van der Waals surface area contributed by atoms with E-state index in [1.807, 2.05) is 56.3 Å². The normalized spacial score (nSPS) is 12.8. The Balaban J connectivity index is 2.08. The van der Waals surface area contributed by atoms with Crippen molar-refractivity contribution >= 4 is 26.9 Å². The predicted molar refractivity (Wildman–Crippen MR) is 83.9 cm³/mol. The number of fused-ring (bicyclic) bond motifs is 1. The zero-order chi connectivity index (χ0) is 14.3. The highest BCUT2D eigenvalue weighted by Gasteiger charge is 2.18. The Hall–Kier alpha value is -1.58. The quantitative estimate of drug-likeness (QED) is 0.725. The summed E-state index contributed by atoms with van der Waals surface area (Å²) in [5, 5.41) is 11.6. The highest BCUT2D eigenvalue weighted by atomic mass is 79.9. The number of aryl methyl sites for hydroxylation is 2. The Bertz CT molecular complexity index is 774. The van der Waals surface area contributed by atoms with E-state index in [2.05, 4.69) is 15.9 Å². The SMILES string of the molecule is Cc1cc(Br)ccc1C(O)c1cc2cccc(C)c2o1. The van der Waals surface area contributed by atoms with E-state index in [1.54, 1.807) is 0 Å². The maximum absolute atomic E-state index is 10.5. The van der Waals surface area contributed by atoms with Gasteiger partial charge >= 0.3 is 0 Å². The number of hydrogen-bond acceptors (Lipinski definition) is 2. The number of aliphatic hydroxyl groups is 1. The van der Waals surface area contributed by atoms with Crippen LogP contribution in [0.3, 0.4) is 0 Å². The lowest BCUT2D eigenvalue weighted by Gasteiger charge is -2.11. The van der Waals surface area contributed by atoms with E-state index in [0.29, 0.717) is 5.76 Å². The lowest BCUT2D eigenvalue weighted by Crippen LogP contribution is -2.00. The van der Waals surface area contributed by atoms with Gasteiger partial charge in [0, 0.05) is 9.86 Å². The lowest BCUT2D eigenvalue weighted by molar-refractivity contribution is 0.191. The molecule has 0 spiro atoms. The molecule has 2 aromatic carbocycles. The van der Waals surface area contributed by atoms with Gasteiger partial charge in [-0.2, -0.15) is 0 Å². The van der Waals surface area contributed by atoms with Gasteiger partial charge in [-0.05, 0) is 48.7 Å². The first-order chi connectivity index (χ1) is 9.56. The molecule has 0 amide bonds. The number of benzene rings is 2. The summed E-state index contributed by atoms with van der Waals surface area (Å²) in [7, 11) is 0. The highest BCUT2D eigenvalue weighted by Crippen LogP contribution is 2.31. The second kappa shape index (κ2) is 5.08. The number of rotatable bonds is 2. The monoisotopic (exact) mass is 330 g/mol. The van der Waals surface area contributed by atoms with Crippen LogP contribution in [-0.4, -0.2) is 5.11 Å². The Morgan fingerprint density at radius 1 is 1.05 bits per heavy atom. The van der Waals surface area contributed by atoms with Gasteiger partial charge in [-0.25, -0.2) is 0 Å². The zero-order valence-electron chi connectivity index (χ0n) is 11.4. The van der Waals surface area contributed by atoms with Crippen LogP contribution in [0.2, 0.25) is 0 Å². The van der Waals surface area contributed by atoms with Gasteiger partial charge in [-0.15, -0.1) is 0 Å². The van der Waals surface area contributed by atoms with Crippen LogP contribution in [0.1, 0.15) is 28.6 Å². The maximum Gasteiger partial charge on any atom is 0.138 e. The van der Waals surface area contributed by atoms with Crippen molar-refractivity contribution in [1.82, 2.24) is 0 Å². The molecule has 0 aliphatic rings. The number of furan rings is 1. The fourth-order valence-electron chi connectivity index (χ4n) is 2.46. The fourth-order valence-corrected chi connectivity index (χ4v) is 2.94. The first-order valence-corrected chi connectivity index (χ1v) is 7.29. The molecular weight excluding hydrogens is 316 g/mol. The summed E-state index contributed by atoms with van der Waals surface area (Å²) >= 11 is 3.43. The second-order valence-electron chi connectivity index (χ2n) is 5.05. The van der Waals surface area contributed by atoms with E-state index in [4.69, 9.17) is 4.42 Å². The third-order valence-corrected chi connectivity index (χ3v) is 4.05. The number of para-hydroxylation sites is 1. The van der Waals surface area contributed by atoms with Crippen molar-refractivity contribution in [2.24, 2.45) is 0 Å². The molecule has 3 aromatic rings. The molecule has 0 aliphatic carbocycles. The minimum Gasteiger partial charge on any atom is -0.458 e. The van der Waals surface area contributed by atoms with E-state index in [9.17, 15) is 5.11 Å². The molecule has 1 unspecified atom stereocenters. The molecule has 20 heavy (non-hydrogen) atoms. The zero-order valence-corrected chi connectivity index (χ0v) is 12.9. The fraction of sp³-hybridized carbons (Fsp3) is 0.176. The molecular formula is C17H15BrO2. The minimum atomic E-state index is -0.741. The molecule has 1 atom stereocenters. The molecule has 3 heteroatoms. The van der Waals surface area contributed by atoms with Crippen molar-refractivity contribution in [2.45, 2.75) is 20.0 Å². The van der Waals surface area contributed by atoms with Crippen LogP contribution in [0.25, 0.3) is 11.0 Å². The molecule has 1 aromatic heterocycles. The first kappa shape index (κ1) is 13.4. The summed E-state index contributed by atoms with van der Waals surface area (Å²) < 4.78 is 6.84. The van der Waals surface area contributed by atoms with Gasteiger partial charge < -0.3 is 9.52 Å². The third kappa shape index (κ3) is 2.28. The minimum absolute atomic E-state index is 0.583. The largest absolute Gasteiger partial charge is 0.458 e. The smallest absolute Gasteiger partial charge is 0.138 e. The van der Waals surface area contributed by atoms with Gasteiger partial charge in [0.15, 0.2) is 0 Å². The molecule has 0 radical (unpaired) electrons. The van der Waals surface area contributed by atoms with Crippen molar-refractivity contribution in [3.63, 3.8) is 0 Å². The Kier molecular flexibility index (Phi) is 3.40. The summed E-state index contributed by atoms with van der Waals surface area (Å²) in [4.78, 5) is 0. The van der Waals surface area contributed by atoms with Crippen molar-refractivity contribution in [3.05, 3.63) is 69.4 Å². The van der Waals surface area contributed by atoms with Crippen LogP contribution in [0, 0.1) is 13.8 Å². The first-order valence-electron chi connectivity index (χ1n) is 6.49. The van der Waals surface area contributed by atoms with Crippen LogP contribution in [0.5, 0.6) is 0 Å². The number of halogens is 1. The van der Waals surface area contributed by atoms with Crippen LogP contribution in [0.4, 0.5) is 0 Å². The number of aliphatic hydroxyl groups excluding tert-OH is 1. The van der Waals surface area contributed by atoms with E-state index in [-0.39, 0.29) is 0 Å². The lowest BCUT2D eigenvalue weighted by atomic mass is 10.0. The van der Waals surface area contributed by atoms with E-state index < -0.39 is 6.10 Å². The molecule has 0 saturated heterocycles. The van der Waals surface area contributed by atoms with Crippen molar-refractivity contribution in [1.29, 1.82) is 0 Å².